The van der Waals surface area contributed by atoms with Crippen LogP contribution in [0.5, 0.6) is 0 Å². The molecule has 0 aliphatic heterocycles. The van der Waals surface area contributed by atoms with E-state index in [0.717, 1.165) is 54.2 Å². The van der Waals surface area contributed by atoms with E-state index in [-0.39, 0.29) is 42.0 Å². The van der Waals surface area contributed by atoms with E-state index < -0.39 is 8.07 Å². The van der Waals surface area contributed by atoms with Crippen LogP contribution in [0, 0.1) is 0 Å². The summed E-state index contributed by atoms with van der Waals surface area (Å²) in [6.45, 7) is 0. The summed E-state index contributed by atoms with van der Waals surface area (Å²) in [5, 5.41) is 5.50. The van der Waals surface area contributed by atoms with Crippen LogP contribution in [0.4, 0.5) is 0 Å². The molecule has 0 saturated carbocycles. The number of para-hydroxylation sites is 1. The molecule has 244 valence electrons. The molecule has 0 saturated heterocycles. The highest BCUT2D eigenvalue weighted by Gasteiger charge is 2.49. The molecule has 1 aromatic heterocycles. The maximum absolute atomic E-state index is 9.62. The molecular weight excluding hydrogens is 645 g/mol. The zero-order valence-electron chi connectivity index (χ0n) is 33.2. The Hall–Kier alpha value is -6.22. The van der Waals surface area contributed by atoms with Crippen LogP contribution < -0.4 is 20.7 Å². The lowest BCUT2D eigenvalue weighted by Gasteiger charge is -2.47. The van der Waals surface area contributed by atoms with Gasteiger partial charge in [0, 0.05) is 22.6 Å². The van der Waals surface area contributed by atoms with Crippen molar-refractivity contribution in [3.63, 3.8) is 0 Å². The second kappa shape index (κ2) is 11.4. The summed E-state index contributed by atoms with van der Waals surface area (Å²) in [5.74, 6) is -0.261. The first-order chi connectivity index (χ1) is 27.9. The van der Waals surface area contributed by atoms with Gasteiger partial charge in [0.2, 0.25) is 0 Å². The molecule has 2 bridgehead atoms. The SMILES string of the molecule is [2H]c1c([2H])c([2H])c([Si](c2ccccc2)(c2ccccc2)c2cccc3c2C2c4ccccc4C3c3cccc(-c4ccc5c(c4)oc4ccccc45)c32)c([2H])c1[2H]. The Bertz CT molecular complexity index is 3030. The van der Waals surface area contributed by atoms with E-state index in [2.05, 4.69) is 109 Å². The highest BCUT2D eigenvalue weighted by Crippen LogP contribution is 2.57. The van der Waals surface area contributed by atoms with Crippen molar-refractivity contribution < 1.29 is 11.3 Å². The van der Waals surface area contributed by atoms with Crippen LogP contribution in [-0.2, 0) is 0 Å². The fourth-order valence-corrected chi connectivity index (χ4v) is 14.2. The van der Waals surface area contributed by atoms with Gasteiger partial charge in [-0.05, 0) is 83.5 Å². The Morgan fingerprint density at radius 1 is 0.442 bits per heavy atom. The quantitative estimate of drug-likeness (QED) is 0.130. The summed E-state index contributed by atoms with van der Waals surface area (Å²) < 4.78 is 52.3. The average molecular weight is 684 g/mol. The van der Waals surface area contributed by atoms with Crippen molar-refractivity contribution in [2.45, 2.75) is 11.8 Å². The minimum atomic E-state index is -3.70. The van der Waals surface area contributed by atoms with E-state index in [1.54, 1.807) is 0 Å². The van der Waals surface area contributed by atoms with Gasteiger partial charge in [0.15, 0.2) is 8.07 Å². The second-order valence-corrected chi connectivity index (χ2v) is 17.6. The zero-order chi connectivity index (χ0) is 38.6. The fourth-order valence-electron chi connectivity index (χ4n) is 9.50. The summed E-state index contributed by atoms with van der Waals surface area (Å²) in [7, 11) is -3.70. The van der Waals surface area contributed by atoms with Gasteiger partial charge in [-0.3, -0.25) is 0 Å². The number of benzene rings is 8. The zero-order valence-corrected chi connectivity index (χ0v) is 29.2. The second-order valence-electron chi connectivity index (χ2n) is 13.9. The number of furan rings is 1. The van der Waals surface area contributed by atoms with Crippen LogP contribution in [0.3, 0.4) is 0 Å². The Kier molecular flexibility index (Phi) is 5.45. The first kappa shape index (κ1) is 24.8. The number of hydrogen-bond donors (Lipinski definition) is 0. The van der Waals surface area contributed by atoms with Gasteiger partial charge in [-0.1, -0.05) is 176 Å². The van der Waals surface area contributed by atoms with E-state index in [0.29, 0.717) is 5.19 Å². The number of rotatable bonds is 5. The summed E-state index contributed by atoms with van der Waals surface area (Å²) >= 11 is 0. The molecule has 9 aromatic rings. The van der Waals surface area contributed by atoms with Crippen LogP contribution in [-0.4, -0.2) is 8.07 Å². The van der Waals surface area contributed by atoms with E-state index in [4.69, 9.17) is 8.53 Å². The predicted molar refractivity (Wildman–Crippen MR) is 218 cm³/mol. The number of fused-ring (bicyclic) bond motifs is 3. The minimum absolute atomic E-state index is 0.0655. The normalized spacial score (nSPS) is 17.0. The van der Waals surface area contributed by atoms with E-state index >= 15 is 0 Å². The van der Waals surface area contributed by atoms with Gasteiger partial charge in [-0.2, -0.15) is 0 Å². The Morgan fingerprint density at radius 2 is 1.04 bits per heavy atom. The topological polar surface area (TPSA) is 13.1 Å². The summed E-state index contributed by atoms with van der Waals surface area (Å²) in [6.07, 6.45) is 0. The van der Waals surface area contributed by atoms with Crippen molar-refractivity contribution in [2.24, 2.45) is 0 Å². The maximum atomic E-state index is 9.62. The molecule has 12 rings (SSSR count). The van der Waals surface area contributed by atoms with Crippen LogP contribution in [0.25, 0.3) is 33.1 Å². The molecule has 2 unspecified atom stereocenters. The Morgan fingerprint density at radius 3 is 1.79 bits per heavy atom. The molecule has 2 atom stereocenters. The van der Waals surface area contributed by atoms with Crippen LogP contribution in [0.2, 0.25) is 0 Å². The molecule has 0 fully saturated rings. The van der Waals surface area contributed by atoms with Crippen LogP contribution in [0.15, 0.2) is 198 Å². The highest BCUT2D eigenvalue weighted by molar-refractivity contribution is 7.20. The third-order valence-corrected chi connectivity index (χ3v) is 16.1. The molecule has 8 aromatic carbocycles. The summed E-state index contributed by atoms with van der Waals surface area (Å²) in [6, 6.07) is 55.7. The largest absolute Gasteiger partial charge is 0.456 e. The smallest absolute Gasteiger partial charge is 0.179 e. The first-order valence-electron chi connectivity index (χ1n) is 20.3. The molecular formula is C50H34OSi. The molecule has 1 nitrogen and oxygen atoms in total. The van der Waals surface area contributed by atoms with Crippen molar-refractivity contribution >= 4 is 50.8 Å². The van der Waals surface area contributed by atoms with Gasteiger partial charge in [0.05, 0.1) is 6.85 Å². The molecule has 0 radical (unpaired) electrons. The lowest BCUT2D eigenvalue weighted by molar-refractivity contribution is 0.669. The van der Waals surface area contributed by atoms with Crippen LogP contribution in [0.1, 0.15) is 52.1 Å². The molecule has 3 aliphatic rings. The van der Waals surface area contributed by atoms with Gasteiger partial charge in [0.25, 0.3) is 0 Å². The molecule has 0 spiro atoms. The van der Waals surface area contributed by atoms with Gasteiger partial charge < -0.3 is 4.42 Å². The van der Waals surface area contributed by atoms with Gasteiger partial charge in [-0.15, -0.1) is 0 Å². The van der Waals surface area contributed by atoms with Crippen molar-refractivity contribution in [3.05, 3.63) is 227 Å². The summed E-state index contributed by atoms with van der Waals surface area (Å²) in [4.78, 5) is 0. The van der Waals surface area contributed by atoms with Gasteiger partial charge >= 0.3 is 0 Å². The third-order valence-electron chi connectivity index (χ3n) is 11.5. The maximum Gasteiger partial charge on any atom is 0.179 e. The molecule has 3 aliphatic carbocycles. The van der Waals surface area contributed by atoms with Crippen LogP contribution >= 0.6 is 0 Å². The average Bonchev–Trinajstić information content (AvgIpc) is 3.64. The van der Waals surface area contributed by atoms with E-state index in [1.165, 1.54) is 27.8 Å². The number of hydrogen-bond acceptors (Lipinski definition) is 1. The third kappa shape index (κ3) is 4.04. The fraction of sp³-hybridized carbons (Fsp3) is 0.0400. The molecule has 1 heterocycles. The van der Waals surface area contributed by atoms with E-state index in [1.807, 2.05) is 54.6 Å². The standard InChI is InChI=1S/C50H34OSi/c1-4-16-34(17-5-1)52(35-18-6-2-7-19-35,36-20-8-3-9-21-36)46-29-15-27-43-47-40-23-10-11-24-41(40)50(49(43)46)48-37(25-14-26-42(47)48)33-30-31-39-38-22-12-13-28-44(38)51-45(39)32-33/h1-32,47,50H/i1D,4D,5D,16D,17D. The Balaban J connectivity index is 1.27. The molecule has 0 N–H and O–H groups in total. The first-order valence-corrected chi connectivity index (χ1v) is 19.8. The van der Waals surface area contributed by atoms with E-state index in [9.17, 15) is 2.74 Å². The monoisotopic (exact) mass is 683 g/mol. The lowest BCUT2D eigenvalue weighted by Crippen LogP contribution is -2.75. The summed E-state index contributed by atoms with van der Waals surface area (Å²) in [5.41, 5.74) is 11.3. The molecule has 0 amide bonds. The molecule has 2 heteroatoms. The van der Waals surface area contributed by atoms with Gasteiger partial charge in [0.1, 0.15) is 11.2 Å². The minimum Gasteiger partial charge on any atom is -0.456 e. The lowest BCUT2D eigenvalue weighted by atomic mass is 9.60. The Labute approximate surface area is 311 Å². The van der Waals surface area contributed by atoms with Crippen molar-refractivity contribution in [1.29, 1.82) is 0 Å². The van der Waals surface area contributed by atoms with Crippen molar-refractivity contribution in [3.8, 4) is 11.1 Å². The van der Waals surface area contributed by atoms with Gasteiger partial charge in [-0.25, -0.2) is 0 Å². The molecule has 52 heavy (non-hydrogen) atoms. The van der Waals surface area contributed by atoms with Crippen molar-refractivity contribution in [2.75, 3.05) is 0 Å². The predicted octanol–water partition coefficient (Wildman–Crippen LogP) is 9.62. The van der Waals surface area contributed by atoms with Crippen molar-refractivity contribution in [1.82, 2.24) is 0 Å². The highest BCUT2D eigenvalue weighted by atomic mass is 28.3.